The summed E-state index contributed by atoms with van der Waals surface area (Å²) >= 11 is 1.45. The third-order valence-electron chi connectivity index (χ3n) is 3.44. The Morgan fingerprint density at radius 1 is 1.43 bits per heavy atom. The van der Waals surface area contributed by atoms with Gasteiger partial charge in [-0.05, 0) is 38.2 Å². The van der Waals surface area contributed by atoms with Crippen LogP contribution >= 0.6 is 11.3 Å². The zero-order valence-electron chi connectivity index (χ0n) is 12.5. The van der Waals surface area contributed by atoms with Crippen LogP contribution in [-0.2, 0) is 16.0 Å². The maximum Gasteiger partial charge on any atom is 0.341 e. The summed E-state index contributed by atoms with van der Waals surface area (Å²) in [6, 6.07) is 1.81. The highest BCUT2D eigenvalue weighted by molar-refractivity contribution is 7.16. The largest absolute Gasteiger partial charge is 0.462 e. The molecule has 0 bridgehead atoms. The molecule has 0 aliphatic heterocycles. The van der Waals surface area contributed by atoms with Crippen molar-refractivity contribution in [1.82, 2.24) is 0 Å². The third-order valence-corrected chi connectivity index (χ3v) is 4.63. The molecule has 0 fully saturated rings. The lowest BCUT2D eigenvalue weighted by Gasteiger charge is -2.09. The molecule has 1 N–H and O–H groups in total. The van der Waals surface area contributed by atoms with E-state index in [4.69, 9.17) is 4.74 Å². The smallest absolute Gasteiger partial charge is 0.341 e. The number of ether oxygens (including phenoxy) is 1. The van der Waals surface area contributed by atoms with Crippen molar-refractivity contribution >= 4 is 28.2 Å². The fourth-order valence-corrected chi connectivity index (χ4v) is 3.35. The summed E-state index contributed by atoms with van der Waals surface area (Å²) in [5.74, 6) is -0.0900. The van der Waals surface area contributed by atoms with E-state index in [9.17, 15) is 9.59 Å². The molecular weight excluding hydrogens is 286 g/mol. The van der Waals surface area contributed by atoms with Crippen molar-refractivity contribution in [1.29, 1.82) is 0 Å². The fraction of sp³-hybridized carbons (Fsp3) is 0.500. The van der Waals surface area contributed by atoms with Gasteiger partial charge in [-0.25, -0.2) is 4.79 Å². The molecule has 114 valence electrons. The van der Waals surface area contributed by atoms with Crippen molar-refractivity contribution in [3.8, 4) is 0 Å². The zero-order chi connectivity index (χ0) is 15.2. The minimum atomic E-state index is -0.371. The zero-order valence-corrected chi connectivity index (χ0v) is 13.3. The summed E-state index contributed by atoms with van der Waals surface area (Å²) in [4.78, 5) is 25.1. The third kappa shape index (κ3) is 4.17. The molecule has 1 aliphatic rings. The van der Waals surface area contributed by atoms with Crippen LogP contribution in [0.5, 0.6) is 0 Å². The number of hydrogen-bond acceptors (Lipinski definition) is 4. The highest BCUT2D eigenvalue weighted by atomic mass is 32.1. The van der Waals surface area contributed by atoms with Crippen molar-refractivity contribution in [2.24, 2.45) is 5.92 Å². The molecule has 0 radical (unpaired) electrons. The van der Waals surface area contributed by atoms with Crippen molar-refractivity contribution in [3.05, 3.63) is 28.7 Å². The van der Waals surface area contributed by atoms with E-state index in [1.54, 1.807) is 6.92 Å². The van der Waals surface area contributed by atoms with Crippen LogP contribution < -0.4 is 5.32 Å². The first-order valence-corrected chi connectivity index (χ1v) is 8.22. The lowest BCUT2D eigenvalue weighted by atomic mass is 10.1. The van der Waals surface area contributed by atoms with E-state index in [0.29, 0.717) is 29.5 Å². The van der Waals surface area contributed by atoms with Crippen LogP contribution in [0.2, 0.25) is 0 Å². The van der Waals surface area contributed by atoms with Crippen LogP contribution in [0.3, 0.4) is 0 Å². The maximum atomic E-state index is 12.1. The number of allylic oxidation sites excluding steroid dienone is 2. The standard InChI is InChI=1S/C16H21NO3S/c1-3-12-10-13(16(19)20-4-2)15(21-12)17-14(18)9-11-7-5-6-8-11/h5,7,10-11H,3-4,6,8-9H2,1-2H3,(H,17,18). The van der Waals surface area contributed by atoms with Crippen molar-refractivity contribution in [2.75, 3.05) is 11.9 Å². The number of esters is 1. The SMILES string of the molecule is CCOC(=O)c1cc(CC)sc1NC(=O)CC1C=CCC1. The normalized spacial score (nSPS) is 17.0. The van der Waals surface area contributed by atoms with Crippen LogP contribution in [-0.4, -0.2) is 18.5 Å². The molecule has 1 aromatic heterocycles. The van der Waals surface area contributed by atoms with E-state index in [1.165, 1.54) is 11.3 Å². The lowest BCUT2D eigenvalue weighted by molar-refractivity contribution is -0.116. The summed E-state index contributed by atoms with van der Waals surface area (Å²) in [5, 5.41) is 3.48. The molecule has 0 spiro atoms. The second kappa shape index (κ2) is 7.41. The number of amides is 1. The van der Waals surface area contributed by atoms with Crippen LogP contribution in [0.1, 0.15) is 48.3 Å². The Morgan fingerprint density at radius 2 is 2.24 bits per heavy atom. The number of aryl methyl sites for hydroxylation is 1. The van der Waals surface area contributed by atoms with E-state index in [0.717, 1.165) is 24.1 Å². The van der Waals surface area contributed by atoms with E-state index in [1.807, 2.05) is 13.0 Å². The van der Waals surface area contributed by atoms with Gasteiger partial charge in [0.15, 0.2) is 0 Å². The van der Waals surface area contributed by atoms with Crippen molar-refractivity contribution in [2.45, 2.75) is 39.5 Å². The van der Waals surface area contributed by atoms with Crippen molar-refractivity contribution < 1.29 is 14.3 Å². The van der Waals surface area contributed by atoms with Gasteiger partial charge in [-0.1, -0.05) is 19.1 Å². The molecule has 1 heterocycles. The van der Waals surface area contributed by atoms with Gasteiger partial charge in [-0.2, -0.15) is 0 Å². The number of carbonyl (C=O) groups is 2. The van der Waals surface area contributed by atoms with Gasteiger partial charge in [0.05, 0.1) is 12.2 Å². The van der Waals surface area contributed by atoms with Crippen LogP contribution in [0, 0.1) is 5.92 Å². The molecule has 0 saturated carbocycles. The van der Waals surface area contributed by atoms with Gasteiger partial charge >= 0.3 is 5.97 Å². The molecule has 0 aromatic carbocycles. The number of hydrogen-bond donors (Lipinski definition) is 1. The molecule has 5 heteroatoms. The Labute approximate surface area is 129 Å². The summed E-state index contributed by atoms with van der Waals surface area (Å²) in [6.07, 6.45) is 7.59. The fourth-order valence-electron chi connectivity index (χ4n) is 2.35. The Morgan fingerprint density at radius 3 is 2.86 bits per heavy atom. The minimum Gasteiger partial charge on any atom is -0.462 e. The minimum absolute atomic E-state index is 0.0402. The predicted molar refractivity (Wildman–Crippen MR) is 84.8 cm³/mol. The van der Waals surface area contributed by atoms with E-state index < -0.39 is 0 Å². The second-order valence-electron chi connectivity index (χ2n) is 5.05. The first-order valence-electron chi connectivity index (χ1n) is 7.40. The first-order chi connectivity index (χ1) is 10.1. The summed E-state index contributed by atoms with van der Waals surface area (Å²) < 4.78 is 5.05. The van der Waals surface area contributed by atoms with Gasteiger partial charge in [-0.3, -0.25) is 4.79 Å². The Hall–Kier alpha value is -1.62. The van der Waals surface area contributed by atoms with E-state index in [-0.39, 0.29) is 11.9 Å². The number of anilines is 1. The lowest BCUT2D eigenvalue weighted by Crippen LogP contribution is -2.16. The molecular formula is C16H21NO3S. The van der Waals surface area contributed by atoms with Gasteiger partial charge in [0.2, 0.25) is 5.91 Å². The average Bonchev–Trinajstić information content (AvgIpc) is 3.08. The molecule has 1 aliphatic carbocycles. The molecule has 1 atom stereocenters. The molecule has 21 heavy (non-hydrogen) atoms. The van der Waals surface area contributed by atoms with Gasteiger partial charge < -0.3 is 10.1 Å². The number of thiophene rings is 1. The average molecular weight is 307 g/mol. The predicted octanol–water partition coefficient (Wildman–Crippen LogP) is 3.78. The monoisotopic (exact) mass is 307 g/mol. The van der Waals surface area contributed by atoms with Crippen LogP contribution in [0.4, 0.5) is 5.00 Å². The Bertz CT molecular complexity index is 548. The maximum absolute atomic E-state index is 12.1. The summed E-state index contributed by atoms with van der Waals surface area (Å²) in [6.45, 7) is 4.13. The topological polar surface area (TPSA) is 55.4 Å². The molecule has 1 amide bonds. The summed E-state index contributed by atoms with van der Waals surface area (Å²) in [7, 11) is 0. The molecule has 1 aromatic rings. The number of rotatable bonds is 6. The molecule has 2 rings (SSSR count). The second-order valence-corrected chi connectivity index (χ2v) is 6.18. The number of nitrogens with one attached hydrogen (secondary N) is 1. The molecule has 4 nitrogen and oxygen atoms in total. The molecule has 1 unspecified atom stereocenters. The van der Waals surface area contributed by atoms with Gasteiger partial charge in [0, 0.05) is 11.3 Å². The highest BCUT2D eigenvalue weighted by Gasteiger charge is 2.20. The van der Waals surface area contributed by atoms with Gasteiger partial charge in [-0.15, -0.1) is 11.3 Å². The number of carbonyl (C=O) groups excluding carboxylic acids is 2. The van der Waals surface area contributed by atoms with E-state index >= 15 is 0 Å². The molecule has 0 saturated heterocycles. The van der Waals surface area contributed by atoms with Gasteiger partial charge in [0.1, 0.15) is 5.00 Å². The van der Waals surface area contributed by atoms with Gasteiger partial charge in [0.25, 0.3) is 0 Å². The Kier molecular flexibility index (Phi) is 5.56. The van der Waals surface area contributed by atoms with Crippen LogP contribution in [0.25, 0.3) is 0 Å². The Balaban J connectivity index is 2.06. The van der Waals surface area contributed by atoms with Crippen LogP contribution in [0.15, 0.2) is 18.2 Å². The quantitative estimate of drug-likeness (QED) is 0.642. The summed E-state index contributed by atoms with van der Waals surface area (Å²) in [5.41, 5.74) is 0.467. The van der Waals surface area contributed by atoms with E-state index in [2.05, 4.69) is 17.5 Å². The van der Waals surface area contributed by atoms with Crippen molar-refractivity contribution in [3.63, 3.8) is 0 Å². The highest BCUT2D eigenvalue weighted by Crippen LogP contribution is 2.30. The first kappa shape index (κ1) is 15.8.